The zero-order valence-corrected chi connectivity index (χ0v) is 39.5. The Hall–Kier alpha value is -1.55. The smallest absolute Gasteiger partial charge is 0.462 e. The largest absolute Gasteiger partial charge is 0.472 e. The summed E-state index contributed by atoms with van der Waals surface area (Å²) in [4.78, 5) is 65.5. The summed E-state index contributed by atoms with van der Waals surface area (Å²) in [5.74, 6) is -1.85. The maximum atomic E-state index is 12.7. The van der Waals surface area contributed by atoms with Gasteiger partial charge >= 0.3 is 27.6 Å². The SMILES string of the molecule is CCCCCCCCCCCCCCCCCC(=O)O[C@H](COC(=O)CCCCCC[C@H]1[C@@H](O)CC(=O)[C@@H]1/C=C/[C@@H](O)CCCCC)COP(=O)(O)OC[C@@H](O)COP(=O)(O)O. The molecule has 1 unspecified atom stereocenters. The summed E-state index contributed by atoms with van der Waals surface area (Å²) >= 11 is 0. The third-order valence-corrected chi connectivity index (χ3v) is 12.5. The van der Waals surface area contributed by atoms with E-state index in [9.17, 15) is 43.7 Å². The fraction of sp³-hybridized carbons (Fsp3) is 0.886. The Morgan fingerprint density at radius 2 is 1.15 bits per heavy atom. The van der Waals surface area contributed by atoms with Gasteiger partial charge in [-0.15, -0.1) is 0 Å². The van der Waals surface area contributed by atoms with E-state index in [4.69, 9.17) is 23.8 Å². The standard InChI is InChI=1S/C44H82O16P2/c1-3-5-7-8-9-10-11-12-13-14-15-16-17-18-24-28-44(50)60-38(35-59-62(54,55)58-33-37(46)32-57-61(51,52)53)34-56-43(49)27-23-20-19-22-26-39-40(42(48)31-41(39)47)30-29-36(45)25-21-6-4-2/h29-30,36-41,45-47H,3-28,31-35H2,1-2H3,(H,54,55)(H2,51,52,53)/b30-29+/t36-,37-,38+,39+,40+,41-/m0/s1. The Balaban J connectivity index is 2.50. The maximum Gasteiger partial charge on any atom is 0.472 e. The van der Waals surface area contributed by atoms with Crippen LogP contribution < -0.4 is 0 Å². The molecule has 18 heteroatoms. The second kappa shape index (κ2) is 35.7. The molecule has 1 aliphatic rings. The Bertz CT molecular complexity index is 1310. The van der Waals surface area contributed by atoms with E-state index in [0.29, 0.717) is 32.1 Å². The van der Waals surface area contributed by atoms with Gasteiger partial charge < -0.3 is 39.5 Å². The normalized spacial score (nSPS) is 19.4. The molecular weight excluding hydrogens is 846 g/mol. The van der Waals surface area contributed by atoms with Crippen molar-refractivity contribution < 1.29 is 76.6 Å². The van der Waals surface area contributed by atoms with Gasteiger partial charge in [0.05, 0.1) is 32.0 Å². The summed E-state index contributed by atoms with van der Waals surface area (Å²) in [7, 11) is -9.75. The lowest BCUT2D eigenvalue weighted by molar-refractivity contribution is -0.161. The van der Waals surface area contributed by atoms with Crippen LogP contribution in [0.2, 0.25) is 0 Å². The number of carbonyl (C=O) groups excluding carboxylic acids is 3. The van der Waals surface area contributed by atoms with Crippen LogP contribution in [0.1, 0.15) is 187 Å². The predicted octanol–water partition coefficient (Wildman–Crippen LogP) is 8.71. The van der Waals surface area contributed by atoms with E-state index in [2.05, 4.69) is 22.9 Å². The van der Waals surface area contributed by atoms with Gasteiger partial charge in [0, 0.05) is 25.2 Å². The van der Waals surface area contributed by atoms with Crippen LogP contribution in [-0.2, 0) is 46.6 Å². The molecule has 1 rings (SSSR count). The van der Waals surface area contributed by atoms with Gasteiger partial charge in [0.25, 0.3) is 0 Å². The molecule has 0 aromatic rings. The summed E-state index contributed by atoms with van der Waals surface area (Å²) < 4.78 is 47.8. The molecule has 1 fully saturated rings. The highest BCUT2D eigenvalue weighted by Gasteiger charge is 2.39. The summed E-state index contributed by atoms with van der Waals surface area (Å²) in [6.45, 7) is 1.42. The van der Waals surface area contributed by atoms with Gasteiger partial charge in [-0.05, 0) is 31.6 Å². The summed E-state index contributed by atoms with van der Waals surface area (Å²) in [5, 5.41) is 30.5. The van der Waals surface area contributed by atoms with Gasteiger partial charge in [-0.2, -0.15) is 0 Å². The van der Waals surface area contributed by atoms with Crippen LogP contribution in [0.3, 0.4) is 0 Å². The summed E-state index contributed by atoms with van der Waals surface area (Å²) in [5.41, 5.74) is 0. The van der Waals surface area contributed by atoms with Crippen molar-refractivity contribution in [2.24, 2.45) is 11.8 Å². The summed E-state index contributed by atoms with van der Waals surface area (Å²) in [6, 6.07) is 0. The molecule has 0 bridgehead atoms. The Kier molecular flexibility index (Phi) is 33.6. The molecular formula is C44H82O16P2. The molecule has 1 saturated carbocycles. The molecule has 0 spiro atoms. The zero-order valence-electron chi connectivity index (χ0n) is 37.7. The van der Waals surface area contributed by atoms with E-state index in [1.807, 2.05) is 0 Å². The van der Waals surface area contributed by atoms with Crippen LogP contribution in [0, 0.1) is 11.8 Å². The topological polar surface area (TPSA) is 253 Å². The first kappa shape index (κ1) is 58.5. The number of aliphatic hydroxyl groups is 3. The van der Waals surface area contributed by atoms with Crippen LogP contribution >= 0.6 is 15.6 Å². The fourth-order valence-corrected chi connectivity index (χ4v) is 8.59. The molecule has 62 heavy (non-hydrogen) atoms. The van der Waals surface area contributed by atoms with Crippen molar-refractivity contribution in [1.82, 2.24) is 0 Å². The number of esters is 2. The van der Waals surface area contributed by atoms with Gasteiger partial charge in [-0.3, -0.25) is 28.0 Å². The molecule has 7 atom stereocenters. The Morgan fingerprint density at radius 1 is 0.661 bits per heavy atom. The molecule has 0 aromatic carbocycles. The van der Waals surface area contributed by atoms with E-state index in [-0.39, 0.29) is 31.0 Å². The van der Waals surface area contributed by atoms with Crippen molar-refractivity contribution in [3.8, 4) is 0 Å². The van der Waals surface area contributed by atoms with Gasteiger partial charge in [0.1, 0.15) is 18.5 Å². The molecule has 1 aliphatic carbocycles. The van der Waals surface area contributed by atoms with E-state index >= 15 is 0 Å². The maximum absolute atomic E-state index is 12.7. The number of hydrogen-bond donors (Lipinski definition) is 6. The average Bonchev–Trinajstić information content (AvgIpc) is 3.49. The van der Waals surface area contributed by atoms with Crippen LogP contribution in [-0.4, -0.2) is 98.6 Å². The molecule has 0 radical (unpaired) electrons. The number of aliphatic hydroxyl groups excluding tert-OH is 3. The predicted molar refractivity (Wildman–Crippen MR) is 236 cm³/mol. The van der Waals surface area contributed by atoms with Crippen LogP contribution in [0.25, 0.3) is 0 Å². The van der Waals surface area contributed by atoms with Gasteiger partial charge in [-0.25, -0.2) is 9.13 Å². The number of rotatable bonds is 41. The number of phosphoric ester groups is 2. The van der Waals surface area contributed by atoms with Crippen molar-refractivity contribution in [2.75, 3.05) is 26.4 Å². The van der Waals surface area contributed by atoms with Crippen LogP contribution in [0.4, 0.5) is 0 Å². The lowest BCUT2D eigenvalue weighted by Crippen LogP contribution is -2.30. The zero-order chi connectivity index (χ0) is 46.1. The fourth-order valence-electron chi connectivity index (χ4n) is 7.43. The second-order valence-corrected chi connectivity index (χ2v) is 19.5. The highest BCUT2D eigenvalue weighted by Crippen LogP contribution is 2.44. The Labute approximate surface area is 371 Å². The van der Waals surface area contributed by atoms with Gasteiger partial charge in [0.2, 0.25) is 0 Å². The number of ether oxygens (including phenoxy) is 2. The molecule has 0 amide bonds. The molecule has 0 aromatic heterocycles. The molecule has 6 N–H and O–H groups in total. The molecule has 364 valence electrons. The number of carbonyl (C=O) groups is 3. The van der Waals surface area contributed by atoms with Gasteiger partial charge in [0.15, 0.2) is 6.10 Å². The number of unbranched alkanes of at least 4 members (excludes halogenated alkanes) is 19. The molecule has 0 heterocycles. The van der Waals surface area contributed by atoms with Crippen molar-refractivity contribution in [1.29, 1.82) is 0 Å². The van der Waals surface area contributed by atoms with Crippen LogP contribution in [0.15, 0.2) is 12.2 Å². The van der Waals surface area contributed by atoms with Crippen molar-refractivity contribution in [3.63, 3.8) is 0 Å². The van der Waals surface area contributed by atoms with Crippen molar-refractivity contribution in [2.45, 2.75) is 212 Å². The van der Waals surface area contributed by atoms with E-state index in [1.54, 1.807) is 12.2 Å². The molecule has 0 saturated heterocycles. The number of Topliss-reactive ketones (excluding diaryl/α,β-unsaturated/α-hetero) is 1. The van der Waals surface area contributed by atoms with E-state index in [0.717, 1.165) is 57.8 Å². The Morgan fingerprint density at radius 3 is 1.71 bits per heavy atom. The first-order valence-corrected chi connectivity index (χ1v) is 26.5. The third-order valence-electron chi connectivity index (χ3n) is 11.1. The monoisotopic (exact) mass is 929 g/mol. The van der Waals surface area contributed by atoms with E-state index < -0.39 is 84.3 Å². The quantitative estimate of drug-likeness (QED) is 0.0145. The molecule has 0 aliphatic heterocycles. The minimum atomic E-state index is -4.89. The number of hydrogen-bond acceptors (Lipinski definition) is 13. The van der Waals surface area contributed by atoms with Crippen molar-refractivity contribution in [3.05, 3.63) is 12.2 Å². The van der Waals surface area contributed by atoms with Gasteiger partial charge in [-0.1, -0.05) is 154 Å². The summed E-state index contributed by atoms with van der Waals surface area (Å²) in [6.07, 6.45) is 23.9. The lowest BCUT2D eigenvalue weighted by Gasteiger charge is -2.20. The van der Waals surface area contributed by atoms with E-state index in [1.165, 1.54) is 64.2 Å². The first-order chi connectivity index (χ1) is 29.6. The first-order valence-electron chi connectivity index (χ1n) is 23.5. The minimum Gasteiger partial charge on any atom is -0.462 e. The van der Waals surface area contributed by atoms with Crippen LogP contribution in [0.5, 0.6) is 0 Å². The second-order valence-electron chi connectivity index (χ2n) is 16.8. The number of phosphoric acid groups is 2. The highest BCUT2D eigenvalue weighted by molar-refractivity contribution is 7.47. The lowest BCUT2D eigenvalue weighted by atomic mass is 9.88. The third kappa shape index (κ3) is 32.2. The highest BCUT2D eigenvalue weighted by atomic mass is 31.2. The number of ketones is 1. The van der Waals surface area contributed by atoms with Crippen molar-refractivity contribution >= 4 is 33.4 Å². The minimum absolute atomic E-state index is 0.0269. The number of allylic oxidation sites excluding steroid dienone is 1. The average molecular weight is 929 g/mol. The molecule has 16 nitrogen and oxygen atoms in total.